The lowest BCUT2D eigenvalue weighted by molar-refractivity contribution is -0.293. The molecular weight excluding hydrogens is 545 g/mol. The molecule has 1 saturated carbocycles. The zero-order chi connectivity index (χ0) is 29.3. The van der Waals surface area contributed by atoms with E-state index in [2.05, 4.69) is 30.2 Å². The molecule has 12 nitrogen and oxygen atoms in total. The first-order valence-corrected chi connectivity index (χ1v) is 13.4. The van der Waals surface area contributed by atoms with Crippen LogP contribution in [0.4, 0.5) is 16.0 Å². The lowest BCUT2D eigenvalue weighted by Crippen LogP contribution is -2.56. The van der Waals surface area contributed by atoms with Crippen LogP contribution in [0.2, 0.25) is 0 Å². The van der Waals surface area contributed by atoms with E-state index in [0.717, 1.165) is 18.5 Å². The Balaban J connectivity index is 1.35. The fraction of sp³-hybridized carbons (Fsp3) is 0.310. The van der Waals surface area contributed by atoms with Crippen LogP contribution in [0.5, 0.6) is 0 Å². The van der Waals surface area contributed by atoms with Crippen LogP contribution in [0.25, 0.3) is 22.6 Å². The zero-order valence-corrected chi connectivity index (χ0v) is 22.7. The normalized spacial score (nSPS) is 22.0. The molecule has 1 amide bonds. The number of ether oxygens (including phenoxy) is 3. The molecule has 0 bridgehead atoms. The Morgan fingerprint density at radius 3 is 2.45 bits per heavy atom. The first-order valence-electron chi connectivity index (χ1n) is 13.4. The van der Waals surface area contributed by atoms with Gasteiger partial charge in [0, 0.05) is 29.8 Å². The summed E-state index contributed by atoms with van der Waals surface area (Å²) in [6, 6.07) is 10.8. The third kappa shape index (κ3) is 5.43. The quantitative estimate of drug-likeness (QED) is 0.252. The number of primary amides is 1. The molecule has 0 atom stereocenters. The van der Waals surface area contributed by atoms with E-state index in [1.165, 1.54) is 12.1 Å². The van der Waals surface area contributed by atoms with Crippen molar-refractivity contribution in [2.45, 2.75) is 25.6 Å². The summed E-state index contributed by atoms with van der Waals surface area (Å²) in [7, 11) is 0. The molecule has 2 aliphatic rings. The van der Waals surface area contributed by atoms with Crippen molar-refractivity contribution in [3.8, 4) is 22.6 Å². The van der Waals surface area contributed by atoms with Gasteiger partial charge in [-0.15, -0.1) is 0 Å². The van der Waals surface area contributed by atoms with E-state index in [-0.39, 0.29) is 25.0 Å². The van der Waals surface area contributed by atoms with Crippen LogP contribution in [-0.4, -0.2) is 56.6 Å². The molecule has 42 heavy (non-hydrogen) atoms. The molecule has 13 heteroatoms. The Kier molecular flexibility index (Phi) is 7.12. The molecule has 4 N–H and O–H groups in total. The summed E-state index contributed by atoms with van der Waals surface area (Å²) in [6.07, 6.45) is 6.88. The van der Waals surface area contributed by atoms with Crippen molar-refractivity contribution < 1.29 is 28.2 Å². The smallest absolute Gasteiger partial charge is 0.316 e. The third-order valence-electron chi connectivity index (χ3n) is 7.13. The monoisotopic (exact) mass is 573 g/mol. The van der Waals surface area contributed by atoms with Crippen LogP contribution in [0.15, 0.2) is 61.1 Å². The third-order valence-corrected chi connectivity index (χ3v) is 7.13. The average Bonchev–Trinajstić information content (AvgIpc) is 3.73. The van der Waals surface area contributed by atoms with Crippen molar-refractivity contribution in [2.75, 3.05) is 25.1 Å². The molecule has 1 aliphatic heterocycles. The predicted molar refractivity (Wildman–Crippen MR) is 147 cm³/mol. The number of esters is 1. The second-order valence-corrected chi connectivity index (χ2v) is 10.6. The molecule has 4 aromatic rings. The van der Waals surface area contributed by atoms with Crippen molar-refractivity contribution in [1.29, 1.82) is 0 Å². The van der Waals surface area contributed by atoms with Crippen molar-refractivity contribution in [3.05, 3.63) is 72.7 Å². The second kappa shape index (κ2) is 10.9. The van der Waals surface area contributed by atoms with Gasteiger partial charge in [-0.25, -0.2) is 19.3 Å². The largest absolute Gasteiger partial charge is 0.465 e. The fourth-order valence-electron chi connectivity index (χ4n) is 4.42. The number of carbonyl (C=O) groups excluding carboxylic acids is 2. The molecule has 1 aliphatic carbocycles. The van der Waals surface area contributed by atoms with E-state index in [1.807, 2.05) is 0 Å². The highest BCUT2D eigenvalue weighted by Gasteiger charge is 2.54. The first-order chi connectivity index (χ1) is 20.3. The summed E-state index contributed by atoms with van der Waals surface area (Å²) in [6.45, 7) is 1.58. The van der Waals surface area contributed by atoms with Crippen LogP contribution in [-0.2, 0) is 29.6 Å². The van der Waals surface area contributed by atoms with Crippen LogP contribution in [0.3, 0.4) is 0 Å². The molecule has 216 valence electrons. The Hall–Kier alpha value is -4.75. The van der Waals surface area contributed by atoms with Gasteiger partial charge in [0.2, 0.25) is 5.95 Å². The van der Waals surface area contributed by atoms with Gasteiger partial charge in [-0.3, -0.25) is 14.6 Å². The number of benzene rings is 1. The number of hydrogen-bond donors (Lipinski definition) is 3. The number of aromatic nitrogens is 5. The Labute approximate surface area is 239 Å². The summed E-state index contributed by atoms with van der Waals surface area (Å²) >= 11 is 0. The summed E-state index contributed by atoms with van der Waals surface area (Å²) < 4.78 is 31.1. The maximum absolute atomic E-state index is 13.8. The number of nitrogens with one attached hydrogen (secondary N) is 2. The minimum Gasteiger partial charge on any atom is -0.465 e. The minimum atomic E-state index is -2.13. The van der Waals surface area contributed by atoms with Crippen molar-refractivity contribution >= 4 is 23.5 Å². The molecule has 0 radical (unpaired) electrons. The number of halogens is 1. The van der Waals surface area contributed by atoms with Crippen molar-refractivity contribution in [2.24, 2.45) is 17.1 Å². The number of rotatable bonds is 9. The van der Waals surface area contributed by atoms with Gasteiger partial charge in [-0.1, -0.05) is 0 Å². The topological polar surface area (TPSA) is 167 Å². The van der Waals surface area contributed by atoms with Gasteiger partial charge >= 0.3 is 11.8 Å². The number of carbonyl (C=O) groups is 2. The Bertz CT molecular complexity index is 1600. The van der Waals surface area contributed by atoms with Crippen LogP contribution in [0, 0.1) is 17.2 Å². The second-order valence-electron chi connectivity index (χ2n) is 10.6. The number of nitrogens with two attached hydrogens (primary N) is 1. The highest BCUT2D eigenvalue weighted by molar-refractivity contribution is 5.85. The lowest BCUT2D eigenvalue weighted by atomic mass is 9.91. The molecule has 2 fully saturated rings. The molecule has 0 unspecified atom stereocenters. The van der Waals surface area contributed by atoms with E-state index < -0.39 is 28.9 Å². The number of pyridine rings is 1. The molecule has 1 aromatic carbocycles. The molecule has 4 heterocycles. The maximum atomic E-state index is 13.8. The number of imidazole rings is 1. The van der Waals surface area contributed by atoms with Crippen LogP contribution < -0.4 is 11.1 Å². The van der Waals surface area contributed by atoms with Gasteiger partial charge < -0.3 is 30.2 Å². The standard InChI is InChI=1S/C29H28FN7O5/c1-28(26(39)40-14-17-2-3-17)15-41-29(24(31)38,42-16-28)25-36-22(18-4-6-19(30)7-5-18)23(37-25)21-10-13-33-27(35-21)34-20-8-11-32-12-9-20/h4-13,17H,2-3,14-16H2,1H3,(H2,31,38)(H,36,37)(H,32,33,34,35). The molecule has 0 spiro atoms. The molecule has 3 aromatic heterocycles. The van der Waals surface area contributed by atoms with E-state index in [4.69, 9.17) is 19.9 Å². The van der Waals surface area contributed by atoms with Crippen LogP contribution in [0.1, 0.15) is 25.6 Å². The minimum absolute atomic E-state index is 0.0556. The SMILES string of the molecule is CC1(C(=O)OCC2CC2)COC(C(N)=O)(c2nc(-c3ccc(F)cc3)c(-c3ccnc(Nc4ccncc4)n3)[nH]2)OC1. The number of nitrogens with zero attached hydrogens (tertiary/aromatic N) is 4. The maximum Gasteiger partial charge on any atom is 0.316 e. The van der Waals surface area contributed by atoms with Gasteiger partial charge in [0.25, 0.3) is 5.91 Å². The number of amides is 1. The first kappa shape index (κ1) is 27.4. The molecule has 6 rings (SSSR count). The summed E-state index contributed by atoms with van der Waals surface area (Å²) in [5.41, 5.74) is 7.04. The zero-order valence-electron chi connectivity index (χ0n) is 22.7. The number of hydrogen-bond acceptors (Lipinski definition) is 10. The van der Waals surface area contributed by atoms with Gasteiger partial charge in [0.15, 0.2) is 5.82 Å². The van der Waals surface area contributed by atoms with E-state index >= 15 is 0 Å². The number of anilines is 2. The predicted octanol–water partition coefficient (Wildman–Crippen LogP) is 3.46. The fourth-order valence-corrected chi connectivity index (χ4v) is 4.42. The van der Waals surface area contributed by atoms with Gasteiger partial charge in [-0.2, -0.15) is 0 Å². The van der Waals surface area contributed by atoms with Gasteiger partial charge in [-0.05, 0) is 68.1 Å². The summed E-state index contributed by atoms with van der Waals surface area (Å²) in [5.74, 6) is -3.38. The number of aromatic amines is 1. The molecular formula is C29H28FN7O5. The highest BCUT2D eigenvalue weighted by Crippen LogP contribution is 2.40. The summed E-state index contributed by atoms with van der Waals surface area (Å²) in [4.78, 5) is 46.3. The summed E-state index contributed by atoms with van der Waals surface area (Å²) in [5, 5.41) is 3.10. The van der Waals surface area contributed by atoms with Gasteiger partial charge in [0.05, 0.1) is 36.9 Å². The van der Waals surface area contributed by atoms with Crippen molar-refractivity contribution in [3.63, 3.8) is 0 Å². The Morgan fingerprint density at radius 1 is 1.07 bits per heavy atom. The van der Waals surface area contributed by atoms with E-state index in [0.29, 0.717) is 35.2 Å². The van der Waals surface area contributed by atoms with Crippen molar-refractivity contribution in [1.82, 2.24) is 24.9 Å². The average molecular weight is 574 g/mol. The molecule has 1 saturated heterocycles. The van der Waals surface area contributed by atoms with E-state index in [1.54, 1.807) is 55.8 Å². The van der Waals surface area contributed by atoms with E-state index in [9.17, 15) is 14.0 Å². The lowest BCUT2D eigenvalue weighted by Gasteiger charge is -2.40. The van der Waals surface area contributed by atoms with Crippen LogP contribution >= 0.6 is 0 Å². The Morgan fingerprint density at radius 2 is 1.79 bits per heavy atom. The number of H-pyrrole nitrogens is 1. The van der Waals surface area contributed by atoms with Gasteiger partial charge in [0.1, 0.15) is 11.2 Å². The highest BCUT2D eigenvalue weighted by atomic mass is 19.1.